The summed E-state index contributed by atoms with van der Waals surface area (Å²) >= 11 is 0. The van der Waals surface area contributed by atoms with Crippen molar-refractivity contribution in [3.05, 3.63) is 65.5 Å². The Morgan fingerprint density at radius 2 is 1.69 bits per heavy atom. The Morgan fingerprint density at radius 3 is 2.31 bits per heavy atom. The van der Waals surface area contributed by atoms with Gasteiger partial charge in [0.1, 0.15) is 11.2 Å². The van der Waals surface area contributed by atoms with Crippen LogP contribution in [0.3, 0.4) is 0 Å². The minimum Gasteiger partial charge on any atom is -0.354 e. The zero-order chi connectivity index (χ0) is 25.8. The summed E-state index contributed by atoms with van der Waals surface area (Å²) in [5.74, 6) is -0.170. The van der Waals surface area contributed by atoms with E-state index in [4.69, 9.17) is 4.99 Å². The van der Waals surface area contributed by atoms with Gasteiger partial charge in [0.05, 0.1) is 11.1 Å². The maximum absolute atomic E-state index is 13.4. The van der Waals surface area contributed by atoms with Crippen LogP contribution in [0.2, 0.25) is 0 Å². The fourth-order valence-electron chi connectivity index (χ4n) is 4.25. The number of benzene rings is 1. The van der Waals surface area contributed by atoms with E-state index < -0.39 is 23.2 Å². The Labute approximate surface area is 208 Å². The van der Waals surface area contributed by atoms with Crippen LogP contribution in [0, 0.1) is 0 Å². The molecule has 4 rings (SSSR count). The van der Waals surface area contributed by atoms with Gasteiger partial charge in [0.2, 0.25) is 5.91 Å². The lowest BCUT2D eigenvalue weighted by Gasteiger charge is -2.37. The molecule has 0 unspecified atom stereocenters. The van der Waals surface area contributed by atoms with Crippen LogP contribution in [0.25, 0.3) is 0 Å². The first-order chi connectivity index (χ1) is 17.2. The number of pyridine rings is 1. The average molecular weight is 502 g/mol. The molecule has 192 valence electrons. The number of hydrogen-bond donors (Lipinski definition) is 1. The third-order valence-electron chi connectivity index (χ3n) is 6.51. The van der Waals surface area contributed by atoms with Gasteiger partial charge in [0, 0.05) is 38.9 Å². The van der Waals surface area contributed by atoms with Crippen LogP contribution in [-0.4, -0.2) is 70.7 Å². The average Bonchev–Trinajstić information content (AvgIpc) is 3.68. The number of nitrogens with zero attached hydrogens (tertiary/aromatic N) is 4. The molecular weight excluding hydrogens is 471 g/mol. The van der Waals surface area contributed by atoms with E-state index in [1.54, 1.807) is 12.3 Å². The second kappa shape index (κ2) is 10.7. The van der Waals surface area contributed by atoms with Crippen molar-refractivity contribution in [2.24, 2.45) is 4.99 Å². The predicted octanol–water partition coefficient (Wildman–Crippen LogP) is 3.75. The Morgan fingerprint density at radius 1 is 1.03 bits per heavy atom. The second-order valence-electron chi connectivity index (χ2n) is 9.11. The molecule has 0 radical (unpaired) electrons. The van der Waals surface area contributed by atoms with Crippen molar-refractivity contribution < 1.29 is 22.8 Å². The molecule has 0 spiro atoms. The minimum atomic E-state index is -4.61. The van der Waals surface area contributed by atoms with Gasteiger partial charge in [0.15, 0.2) is 5.84 Å². The molecule has 1 aromatic heterocycles. The number of amides is 2. The van der Waals surface area contributed by atoms with Gasteiger partial charge in [-0.15, -0.1) is 0 Å². The zero-order valence-electron chi connectivity index (χ0n) is 20.2. The number of halogens is 3. The Kier molecular flexibility index (Phi) is 7.61. The van der Waals surface area contributed by atoms with E-state index in [9.17, 15) is 22.8 Å². The summed E-state index contributed by atoms with van der Waals surface area (Å²) in [5, 5.41) is 2.97. The van der Waals surface area contributed by atoms with Gasteiger partial charge in [-0.25, -0.2) is 4.99 Å². The zero-order valence-corrected chi connectivity index (χ0v) is 20.2. The Bertz CT molecular complexity index is 1110. The SMILES string of the molecule is CCCCNC(=O)C1(/N=C(\c2ccccn2)N2CCN(C(=O)c3ccccc3C(F)(F)F)CC2)CC1. The molecule has 1 aromatic carbocycles. The largest absolute Gasteiger partial charge is 0.417 e. The van der Waals surface area contributed by atoms with Crippen molar-refractivity contribution in [3.8, 4) is 0 Å². The molecule has 1 N–H and O–H groups in total. The number of aromatic nitrogens is 1. The molecule has 2 aromatic rings. The van der Waals surface area contributed by atoms with Gasteiger partial charge < -0.3 is 15.1 Å². The summed E-state index contributed by atoms with van der Waals surface area (Å²) < 4.78 is 40.3. The highest BCUT2D eigenvalue weighted by atomic mass is 19.4. The fraction of sp³-hybridized carbons (Fsp3) is 0.462. The van der Waals surface area contributed by atoms with E-state index in [1.807, 2.05) is 17.0 Å². The van der Waals surface area contributed by atoms with Gasteiger partial charge in [-0.3, -0.25) is 14.6 Å². The van der Waals surface area contributed by atoms with Crippen molar-refractivity contribution in [3.63, 3.8) is 0 Å². The monoisotopic (exact) mass is 501 g/mol. The number of nitrogens with one attached hydrogen (secondary N) is 1. The summed E-state index contributed by atoms with van der Waals surface area (Å²) in [6.45, 7) is 3.85. The number of aliphatic imine (C=N–C) groups is 1. The molecule has 2 amide bonds. The molecule has 2 fully saturated rings. The molecule has 1 saturated heterocycles. The molecule has 7 nitrogen and oxygen atoms in total. The summed E-state index contributed by atoms with van der Waals surface area (Å²) in [5.41, 5.74) is -1.48. The lowest BCUT2D eigenvalue weighted by atomic mass is 10.1. The van der Waals surface area contributed by atoms with Gasteiger partial charge in [-0.2, -0.15) is 13.2 Å². The summed E-state index contributed by atoms with van der Waals surface area (Å²) in [4.78, 5) is 38.5. The highest BCUT2D eigenvalue weighted by Gasteiger charge is 2.51. The molecule has 0 atom stereocenters. The Balaban J connectivity index is 1.52. The summed E-state index contributed by atoms with van der Waals surface area (Å²) in [6.07, 6.45) is 0.211. The van der Waals surface area contributed by atoms with Crippen molar-refractivity contribution in [2.75, 3.05) is 32.7 Å². The first-order valence-electron chi connectivity index (χ1n) is 12.3. The van der Waals surface area contributed by atoms with Crippen LogP contribution >= 0.6 is 0 Å². The highest BCUT2D eigenvalue weighted by Crippen LogP contribution is 2.41. The fourth-order valence-corrected chi connectivity index (χ4v) is 4.25. The predicted molar refractivity (Wildman–Crippen MR) is 130 cm³/mol. The van der Waals surface area contributed by atoms with Crippen LogP contribution in [0.1, 0.15) is 54.2 Å². The molecule has 2 aliphatic rings. The standard InChI is InChI=1S/C26H30F3N5O2/c1-2-3-13-31-24(36)25(11-12-25)32-22(21-10-6-7-14-30-21)33-15-17-34(18-16-33)23(35)19-8-4-5-9-20(19)26(27,28)29/h4-10,14H,2-3,11-13,15-18H2,1H3,(H,31,36)/b32-22+. The van der Waals surface area contributed by atoms with Gasteiger partial charge in [-0.1, -0.05) is 31.5 Å². The third-order valence-corrected chi connectivity index (χ3v) is 6.51. The topological polar surface area (TPSA) is 77.9 Å². The first kappa shape index (κ1) is 25.7. The maximum Gasteiger partial charge on any atom is 0.417 e. The van der Waals surface area contributed by atoms with E-state index >= 15 is 0 Å². The Hall–Kier alpha value is -3.43. The molecule has 36 heavy (non-hydrogen) atoms. The number of carbonyl (C=O) groups is 2. The van der Waals surface area contributed by atoms with E-state index in [2.05, 4.69) is 17.2 Å². The molecular formula is C26H30F3N5O2. The minimum absolute atomic E-state index is 0.0954. The van der Waals surface area contributed by atoms with E-state index in [0.717, 1.165) is 18.9 Å². The van der Waals surface area contributed by atoms with Gasteiger partial charge in [-0.05, 0) is 43.5 Å². The van der Waals surface area contributed by atoms with Gasteiger partial charge in [0.25, 0.3) is 5.91 Å². The first-order valence-corrected chi connectivity index (χ1v) is 12.3. The summed E-state index contributed by atoms with van der Waals surface area (Å²) in [6, 6.07) is 10.3. The molecule has 1 aliphatic heterocycles. The van der Waals surface area contributed by atoms with Crippen LogP contribution in [-0.2, 0) is 11.0 Å². The smallest absolute Gasteiger partial charge is 0.354 e. The second-order valence-corrected chi connectivity index (χ2v) is 9.11. The quantitative estimate of drug-likeness (QED) is 0.356. The summed E-state index contributed by atoms with van der Waals surface area (Å²) in [7, 11) is 0. The number of alkyl halides is 3. The molecule has 10 heteroatoms. The normalized spacial score (nSPS) is 17.6. The number of carbonyl (C=O) groups excluding carboxylic acids is 2. The third kappa shape index (κ3) is 5.68. The number of amidine groups is 1. The number of rotatable bonds is 7. The number of unbranched alkanes of at least 4 members (excludes halogenated alkanes) is 1. The molecule has 1 saturated carbocycles. The van der Waals surface area contributed by atoms with E-state index in [0.29, 0.717) is 44.0 Å². The van der Waals surface area contributed by atoms with E-state index in [1.165, 1.54) is 23.1 Å². The molecule has 0 bridgehead atoms. The molecule has 2 heterocycles. The lowest BCUT2D eigenvalue weighted by Crippen LogP contribution is -2.51. The highest BCUT2D eigenvalue weighted by molar-refractivity contribution is 6.01. The molecule has 1 aliphatic carbocycles. The van der Waals surface area contributed by atoms with Crippen LogP contribution in [0.15, 0.2) is 53.7 Å². The van der Waals surface area contributed by atoms with Crippen LogP contribution in [0.5, 0.6) is 0 Å². The van der Waals surface area contributed by atoms with E-state index in [-0.39, 0.29) is 24.6 Å². The maximum atomic E-state index is 13.4. The van der Waals surface area contributed by atoms with Crippen molar-refractivity contribution in [1.29, 1.82) is 0 Å². The number of hydrogen-bond acceptors (Lipinski definition) is 4. The van der Waals surface area contributed by atoms with Crippen LogP contribution in [0.4, 0.5) is 13.2 Å². The van der Waals surface area contributed by atoms with Crippen molar-refractivity contribution in [2.45, 2.75) is 44.3 Å². The van der Waals surface area contributed by atoms with Crippen LogP contribution < -0.4 is 5.32 Å². The van der Waals surface area contributed by atoms with Crippen molar-refractivity contribution in [1.82, 2.24) is 20.1 Å². The number of piperazine rings is 1. The lowest BCUT2D eigenvalue weighted by molar-refractivity contribution is -0.138. The van der Waals surface area contributed by atoms with Crippen molar-refractivity contribution >= 4 is 17.6 Å². The van der Waals surface area contributed by atoms with Gasteiger partial charge >= 0.3 is 6.18 Å².